The highest BCUT2D eigenvalue weighted by atomic mass is 19.4. The van der Waals surface area contributed by atoms with Gasteiger partial charge in [0.05, 0.1) is 12.6 Å². The molecule has 2 aromatic rings. The van der Waals surface area contributed by atoms with Crippen molar-refractivity contribution in [2.75, 3.05) is 19.6 Å². The number of aromatic nitrogens is 3. The molecular formula is C28H33F4N5O4. The van der Waals surface area contributed by atoms with Crippen LogP contribution in [0.4, 0.5) is 17.6 Å². The lowest BCUT2D eigenvalue weighted by molar-refractivity contribution is -0.140. The average molecular weight is 580 g/mol. The fraction of sp³-hybridized carbons (Fsp3) is 0.643. The number of carbonyl (C=O) groups excluding carboxylic acids is 2. The summed E-state index contributed by atoms with van der Waals surface area (Å²) in [5.74, 6) is -0.0299. The van der Waals surface area contributed by atoms with Gasteiger partial charge in [0.1, 0.15) is 24.4 Å². The van der Waals surface area contributed by atoms with Crippen molar-refractivity contribution in [3.63, 3.8) is 0 Å². The van der Waals surface area contributed by atoms with E-state index in [0.29, 0.717) is 31.2 Å². The summed E-state index contributed by atoms with van der Waals surface area (Å²) in [5, 5.41) is 14.3. The van der Waals surface area contributed by atoms with Crippen LogP contribution >= 0.6 is 0 Å². The average Bonchev–Trinajstić information content (AvgIpc) is 3.21. The number of rotatable bonds is 5. The summed E-state index contributed by atoms with van der Waals surface area (Å²) in [4.78, 5) is 33.7. The molecule has 4 heterocycles. The number of hydrogen-bond acceptors (Lipinski definition) is 6. The molecule has 41 heavy (non-hydrogen) atoms. The Kier molecular flexibility index (Phi) is 6.98. The van der Waals surface area contributed by atoms with Gasteiger partial charge in [0.2, 0.25) is 11.8 Å². The number of hydrogen-bond donors (Lipinski definition) is 1. The van der Waals surface area contributed by atoms with E-state index < -0.39 is 36.0 Å². The van der Waals surface area contributed by atoms with Crippen molar-refractivity contribution in [1.29, 1.82) is 0 Å². The molecule has 4 aliphatic rings. The largest absolute Gasteiger partial charge is 0.474 e. The summed E-state index contributed by atoms with van der Waals surface area (Å²) < 4.78 is 61.5. The molecule has 1 saturated carbocycles. The zero-order valence-corrected chi connectivity index (χ0v) is 22.9. The molecule has 0 bridgehead atoms. The van der Waals surface area contributed by atoms with Crippen LogP contribution in [-0.2, 0) is 23.9 Å². The van der Waals surface area contributed by atoms with E-state index in [2.05, 4.69) is 17.0 Å². The first-order valence-corrected chi connectivity index (χ1v) is 14.1. The molecule has 0 radical (unpaired) electrons. The van der Waals surface area contributed by atoms with Crippen molar-refractivity contribution in [1.82, 2.24) is 24.6 Å². The van der Waals surface area contributed by atoms with Gasteiger partial charge < -0.3 is 19.6 Å². The number of likely N-dealkylation sites (tertiary alicyclic amines) is 2. The number of pyridine rings is 1. The Morgan fingerprint density at radius 3 is 2.68 bits per heavy atom. The highest BCUT2D eigenvalue weighted by Crippen LogP contribution is 2.62. The van der Waals surface area contributed by atoms with E-state index in [-0.39, 0.29) is 55.5 Å². The first-order chi connectivity index (χ1) is 19.4. The minimum Gasteiger partial charge on any atom is -0.474 e. The number of aliphatic hydroxyl groups excluding tert-OH is 1. The van der Waals surface area contributed by atoms with Crippen LogP contribution in [0.2, 0.25) is 0 Å². The molecule has 9 nitrogen and oxygen atoms in total. The fourth-order valence-corrected chi connectivity index (χ4v) is 6.83. The monoisotopic (exact) mass is 579 g/mol. The number of ether oxygens (including phenoxy) is 1. The van der Waals surface area contributed by atoms with E-state index in [1.165, 1.54) is 17.2 Å². The smallest absolute Gasteiger partial charge is 0.421 e. The van der Waals surface area contributed by atoms with Crippen LogP contribution in [0.25, 0.3) is 0 Å². The van der Waals surface area contributed by atoms with Crippen LogP contribution in [0.1, 0.15) is 66.3 Å². The van der Waals surface area contributed by atoms with Crippen molar-refractivity contribution in [3.05, 3.63) is 40.8 Å². The van der Waals surface area contributed by atoms with E-state index in [0.717, 1.165) is 23.7 Å². The van der Waals surface area contributed by atoms with Gasteiger partial charge in [-0.25, -0.2) is 9.37 Å². The second-order valence-electron chi connectivity index (χ2n) is 11.8. The van der Waals surface area contributed by atoms with Gasteiger partial charge in [0.15, 0.2) is 5.69 Å². The lowest BCUT2D eigenvalue weighted by atomic mass is 10.0. The van der Waals surface area contributed by atoms with Crippen LogP contribution < -0.4 is 4.74 Å². The van der Waals surface area contributed by atoms with E-state index in [9.17, 15) is 32.3 Å². The molecule has 0 aromatic carbocycles. The minimum absolute atomic E-state index is 0.0673. The number of fused-ring (bicyclic) bond motifs is 3. The van der Waals surface area contributed by atoms with E-state index in [4.69, 9.17) is 4.74 Å². The van der Waals surface area contributed by atoms with Crippen molar-refractivity contribution >= 4 is 11.8 Å². The standard InChI is InChI=1S/C28H33F4N5O4/c1-14-10-16(41-26-18(28(30,31)32)4-3-7-33-26)5-9-36(14)22(39)13-37-20-11-17-15(2)23(17)24(20)25(34-37)27(40)35-8-6-21(38)19(29)12-35/h3-4,7,14-17,19,21,23,38H,5-6,8-13H2,1-2H3/t14-,15?,16+,17?,19-,21+,23?/m0/s1. The molecule has 222 valence electrons. The number of aliphatic hydroxyl groups is 1. The molecule has 2 saturated heterocycles. The zero-order chi connectivity index (χ0) is 29.2. The highest BCUT2D eigenvalue weighted by molar-refractivity contribution is 5.95. The molecule has 7 atom stereocenters. The fourth-order valence-electron chi connectivity index (χ4n) is 6.83. The van der Waals surface area contributed by atoms with Crippen molar-refractivity contribution in [3.8, 4) is 5.88 Å². The minimum atomic E-state index is -4.59. The van der Waals surface area contributed by atoms with Crippen molar-refractivity contribution in [2.24, 2.45) is 11.8 Å². The van der Waals surface area contributed by atoms with E-state index in [1.54, 1.807) is 9.58 Å². The Morgan fingerprint density at radius 1 is 1.20 bits per heavy atom. The molecular weight excluding hydrogens is 546 g/mol. The summed E-state index contributed by atoms with van der Waals surface area (Å²) in [6.07, 6.45) is -4.89. The van der Waals surface area contributed by atoms with Gasteiger partial charge in [-0.15, -0.1) is 0 Å². The number of halogens is 4. The molecule has 6 rings (SSSR count). The van der Waals surface area contributed by atoms with Crippen molar-refractivity contribution in [2.45, 2.75) is 82.6 Å². The normalized spacial score (nSPS) is 31.0. The second kappa shape index (κ2) is 10.2. The van der Waals surface area contributed by atoms with E-state index in [1.807, 2.05) is 6.92 Å². The Morgan fingerprint density at radius 2 is 1.98 bits per heavy atom. The summed E-state index contributed by atoms with van der Waals surface area (Å²) in [5.41, 5.74) is 1.06. The van der Waals surface area contributed by atoms with Gasteiger partial charge in [0.25, 0.3) is 5.91 Å². The topological polar surface area (TPSA) is 101 Å². The number of nitrogens with zero attached hydrogens (tertiary/aromatic N) is 5. The number of piperidine rings is 2. The van der Waals surface area contributed by atoms with Gasteiger partial charge in [-0.1, -0.05) is 6.92 Å². The second-order valence-corrected chi connectivity index (χ2v) is 11.8. The first kappa shape index (κ1) is 27.9. The molecule has 1 N–H and O–H groups in total. The Balaban J connectivity index is 1.14. The van der Waals surface area contributed by atoms with Crippen LogP contribution in [0.5, 0.6) is 5.88 Å². The zero-order valence-electron chi connectivity index (χ0n) is 22.9. The Bertz CT molecular complexity index is 1350. The SMILES string of the molecule is CC1C2Cc3c(c(C(=O)N4CC[C@@H](O)[C@@H](F)C4)nn3CC(=O)N3CC[C@@H](Oc4ncccc4C(F)(F)F)C[C@@H]3C)C12. The molecule has 2 aromatic heterocycles. The first-order valence-electron chi connectivity index (χ1n) is 14.1. The lowest BCUT2D eigenvalue weighted by Crippen LogP contribution is -2.48. The van der Waals surface area contributed by atoms with Crippen molar-refractivity contribution < 1.29 is 37.0 Å². The Labute approximate surface area is 234 Å². The molecule has 2 amide bonds. The van der Waals surface area contributed by atoms with Gasteiger partial charge in [-0.05, 0) is 49.7 Å². The quantitative estimate of drug-likeness (QED) is 0.547. The number of alkyl halides is 4. The number of carbonyl (C=O) groups is 2. The highest BCUT2D eigenvalue weighted by Gasteiger charge is 2.57. The van der Waals surface area contributed by atoms with Crippen LogP contribution in [0.15, 0.2) is 18.3 Å². The predicted octanol–water partition coefficient (Wildman–Crippen LogP) is 3.21. The number of amides is 2. The molecule has 13 heteroatoms. The third-order valence-corrected chi connectivity index (χ3v) is 9.21. The molecule has 3 fully saturated rings. The molecule has 2 aliphatic heterocycles. The molecule has 2 aliphatic carbocycles. The molecule has 3 unspecified atom stereocenters. The maximum absolute atomic E-state index is 14.2. The van der Waals surface area contributed by atoms with Gasteiger partial charge >= 0.3 is 6.18 Å². The van der Waals surface area contributed by atoms with Gasteiger partial charge in [-0.3, -0.25) is 14.3 Å². The van der Waals surface area contributed by atoms with E-state index >= 15 is 0 Å². The summed E-state index contributed by atoms with van der Waals surface area (Å²) in [6, 6.07) is 1.85. The third kappa shape index (κ3) is 5.06. The van der Waals surface area contributed by atoms with Crippen LogP contribution in [-0.4, -0.2) is 85.5 Å². The maximum Gasteiger partial charge on any atom is 0.421 e. The third-order valence-electron chi connectivity index (χ3n) is 9.21. The van der Waals surface area contributed by atoms with Crippen LogP contribution in [0.3, 0.4) is 0 Å². The Hall–Kier alpha value is -3.22. The lowest BCUT2D eigenvalue weighted by Gasteiger charge is -2.37. The van der Waals surface area contributed by atoms with Gasteiger partial charge in [-0.2, -0.15) is 18.3 Å². The van der Waals surface area contributed by atoms with Crippen LogP contribution in [0, 0.1) is 11.8 Å². The molecule has 0 spiro atoms. The maximum atomic E-state index is 14.2. The summed E-state index contributed by atoms with van der Waals surface area (Å²) >= 11 is 0. The summed E-state index contributed by atoms with van der Waals surface area (Å²) in [6.45, 7) is 4.23. The summed E-state index contributed by atoms with van der Waals surface area (Å²) in [7, 11) is 0. The van der Waals surface area contributed by atoms with Gasteiger partial charge in [0, 0.05) is 49.4 Å². The predicted molar refractivity (Wildman–Crippen MR) is 137 cm³/mol.